The van der Waals surface area contributed by atoms with E-state index in [1.807, 2.05) is 41.2 Å². The van der Waals surface area contributed by atoms with Gasteiger partial charge in [0.2, 0.25) is 0 Å². The lowest BCUT2D eigenvalue weighted by Gasteiger charge is -2.35. The summed E-state index contributed by atoms with van der Waals surface area (Å²) in [5.41, 5.74) is 4.32. The minimum atomic E-state index is -0.390. The molecule has 0 atom stereocenters. The van der Waals surface area contributed by atoms with Gasteiger partial charge in [-0.1, -0.05) is 24.3 Å². The van der Waals surface area contributed by atoms with Gasteiger partial charge < -0.3 is 14.6 Å². The van der Waals surface area contributed by atoms with Gasteiger partial charge in [0.15, 0.2) is 0 Å². The van der Waals surface area contributed by atoms with E-state index < -0.39 is 0 Å². The molecule has 0 spiro atoms. The number of aromatic hydroxyl groups is 1. The van der Waals surface area contributed by atoms with Gasteiger partial charge in [0.1, 0.15) is 11.6 Å². The Labute approximate surface area is 193 Å². The van der Waals surface area contributed by atoms with Gasteiger partial charge in [0.05, 0.1) is 16.9 Å². The van der Waals surface area contributed by atoms with Crippen LogP contribution in [0.5, 0.6) is 5.75 Å². The first-order valence-electron chi connectivity index (χ1n) is 11.4. The van der Waals surface area contributed by atoms with E-state index in [-0.39, 0.29) is 11.6 Å². The number of phenols is 1. The predicted octanol–water partition coefficient (Wildman–Crippen LogP) is 5.06. The number of fused-ring (bicyclic) bond motifs is 1. The number of likely N-dealkylation sites (tertiary alicyclic amines) is 1. The second-order valence-electron chi connectivity index (χ2n) is 9.09. The molecule has 4 aromatic rings. The van der Waals surface area contributed by atoms with Crippen LogP contribution in [0.2, 0.25) is 0 Å². The molecule has 0 bridgehead atoms. The maximum Gasteiger partial charge on any atom is 0.139 e. The quantitative estimate of drug-likeness (QED) is 0.467. The number of nitrogens with zero attached hydrogens (tertiary/aromatic N) is 4. The van der Waals surface area contributed by atoms with E-state index in [1.165, 1.54) is 36.6 Å². The maximum atomic E-state index is 13.9. The topological polar surface area (TPSA) is 44.5 Å². The highest BCUT2D eigenvalue weighted by molar-refractivity contribution is 5.96. The highest BCUT2D eigenvalue weighted by Crippen LogP contribution is 2.34. The number of halogens is 1. The van der Waals surface area contributed by atoms with Crippen LogP contribution in [-0.4, -0.2) is 57.7 Å². The molecule has 5 nitrogen and oxygen atoms in total. The number of piperidine rings is 1. The van der Waals surface area contributed by atoms with Crippen LogP contribution in [0.15, 0.2) is 67.0 Å². The smallest absolute Gasteiger partial charge is 0.139 e. The Morgan fingerprint density at radius 1 is 1.06 bits per heavy atom. The zero-order valence-electron chi connectivity index (χ0n) is 19.1. The van der Waals surface area contributed by atoms with Crippen molar-refractivity contribution in [2.45, 2.75) is 25.4 Å². The van der Waals surface area contributed by atoms with Crippen molar-refractivity contribution in [3.05, 3.63) is 78.4 Å². The number of para-hydroxylation sites is 1. The molecule has 3 heterocycles. The van der Waals surface area contributed by atoms with Crippen molar-refractivity contribution in [2.75, 3.05) is 27.2 Å². The van der Waals surface area contributed by atoms with Crippen molar-refractivity contribution in [2.24, 2.45) is 0 Å². The van der Waals surface area contributed by atoms with Gasteiger partial charge in [0, 0.05) is 42.0 Å². The fourth-order valence-corrected chi connectivity index (χ4v) is 4.80. The normalized spacial score (nSPS) is 15.5. The van der Waals surface area contributed by atoms with Crippen LogP contribution in [0, 0.1) is 5.82 Å². The summed E-state index contributed by atoms with van der Waals surface area (Å²) in [5.74, 6) is -0.357. The van der Waals surface area contributed by atoms with Gasteiger partial charge in [-0.05, 0) is 69.9 Å². The lowest BCUT2D eigenvalue weighted by molar-refractivity contribution is 0.140. The molecule has 1 N–H and O–H groups in total. The van der Waals surface area contributed by atoms with Crippen molar-refractivity contribution in [3.63, 3.8) is 0 Å². The third-order valence-electron chi connectivity index (χ3n) is 6.70. The molecule has 2 aromatic carbocycles. The SMILES string of the molecule is CN(C)C1CCN(Cc2ccc(-c3cn(-c4cc(F)ccc4O)c4ccccc34)nc2)CC1. The molecule has 1 aliphatic heterocycles. The first kappa shape index (κ1) is 21.6. The fourth-order valence-electron chi connectivity index (χ4n) is 4.80. The summed E-state index contributed by atoms with van der Waals surface area (Å²) < 4.78 is 15.7. The molecule has 0 amide bonds. The van der Waals surface area contributed by atoms with Crippen LogP contribution < -0.4 is 0 Å². The molecule has 5 rings (SSSR count). The number of pyridine rings is 1. The van der Waals surface area contributed by atoms with Crippen LogP contribution in [-0.2, 0) is 6.54 Å². The number of phenolic OH excluding ortho intramolecular Hbond substituents is 1. The van der Waals surface area contributed by atoms with Gasteiger partial charge in [-0.3, -0.25) is 9.88 Å². The number of rotatable bonds is 5. The van der Waals surface area contributed by atoms with Gasteiger partial charge >= 0.3 is 0 Å². The molecule has 1 saturated heterocycles. The highest BCUT2D eigenvalue weighted by atomic mass is 19.1. The zero-order valence-corrected chi connectivity index (χ0v) is 19.1. The summed E-state index contributed by atoms with van der Waals surface area (Å²) in [6, 6.07) is 16.8. The van der Waals surface area contributed by atoms with Crippen molar-refractivity contribution in [1.29, 1.82) is 0 Å². The van der Waals surface area contributed by atoms with Crippen molar-refractivity contribution >= 4 is 10.9 Å². The average Bonchev–Trinajstić information content (AvgIpc) is 3.21. The van der Waals surface area contributed by atoms with Gasteiger partial charge in [-0.15, -0.1) is 0 Å². The van der Waals surface area contributed by atoms with E-state index in [4.69, 9.17) is 4.98 Å². The van der Waals surface area contributed by atoms with Crippen molar-refractivity contribution < 1.29 is 9.50 Å². The third-order valence-corrected chi connectivity index (χ3v) is 6.70. The second kappa shape index (κ2) is 8.96. The number of benzene rings is 2. The molecule has 1 aliphatic rings. The Balaban J connectivity index is 1.42. The van der Waals surface area contributed by atoms with Gasteiger partial charge in [-0.2, -0.15) is 0 Å². The summed E-state index contributed by atoms with van der Waals surface area (Å²) >= 11 is 0. The lowest BCUT2D eigenvalue weighted by atomic mass is 10.0. The summed E-state index contributed by atoms with van der Waals surface area (Å²) in [7, 11) is 4.32. The number of aromatic nitrogens is 2. The molecule has 0 radical (unpaired) electrons. The molecule has 170 valence electrons. The maximum absolute atomic E-state index is 13.9. The van der Waals surface area contributed by atoms with Crippen molar-refractivity contribution in [3.8, 4) is 22.7 Å². The Morgan fingerprint density at radius 2 is 1.85 bits per heavy atom. The van der Waals surface area contributed by atoms with E-state index >= 15 is 0 Å². The van der Waals surface area contributed by atoms with Crippen LogP contribution in [0.3, 0.4) is 0 Å². The summed E-state index contributed by atoms with van der Waals surface area (Å²) in [6.07, 6.45) is 6.28. The first-order valence-corrected chi connectivity index (χ1v) is 11.4. The Hall–Kier alpha value is -3.22. The first-order chi connectivity index (χ1) is 16.0. The van der Waals surface area contributed by atoms with Crippen LogP contribution in [0.4, 0.5) is 4.39 Å². The third kappa shape index (κ3) is 4.36. The molecule has 33 heavy (non-hydrogen) atoms. The lowest BCUT2D eigenvalue weighted by Crippen LogP contribution is -2.41. The molecule has 0 saturated carbocycles. The minimum absolute atomic E-state index is 0.0325. The molecular weight excluding hydrogens is 415 g/mol. The van der Waals surface area contributed by atoms with E-state index in [0.717, 1.165) is 41.8 Å². The van der Waals surface area contributed by atoms with Crippen LogP contribution in [0.1, 0.15) is 18.4 Å². The van der Waals surface area contributed by atoms with Crippen molar-refractivity contribution in [1.82, 2.24) is 19.4 Å². The second-order valence-corrected chi connectivity index (χ2v) is 9.09. The zero-order chi connectivity index (χ0) is 22.9. The van der Waals surface area contributed by atoms with E-state index in [9.17, 15) is 9.50 Å². The largest absolute Gasteiger partial charge is 0.506 e. The Kier molecular flexibility index (Phi) is 5.87. The average molecular weight is 445 g/mol. The van der Waals surface area contributed by atoms with E-state index in [0.29, 0.717) is 11.7 Å². The van der Waals surface area contributed by atoms with E-state index in [1.54, 1.807) is 0 Å². The monoisotopic (exact) mass is 444 g/mol. The molecule has 2 aromatic heterocycles. The van der Waals surface area contributed by atoms with Gasteiger partial charge in [-0.25, -0.2) is 4.39 Å². The van der Waals surface area contributed by atoms with Crippen LogP contribution >= 0.6 is 0 Å². The number of hydrogen-bond donors (Lipinski definition) is 1. The molecule has 0 unspecified atom stereocenters. The highest BCUT2D eigenvalue weighted by Gasteiger charge is 2.21. The predicted molar refractivity (Wildman–Crippen MR) is 130 cm³/mol. The molecule has 0 aliphatic carbocycles. The summed E-state index contributed by atoms with van der Waals surface area (Å²) in [6.45, 7) is 3.12. The van der Waals surface area contributed by atoms with Gasteiger partial charge in [0.25, 0.3) is 0 Å². The van der Waals surface area contributed by atoms with Crippen LogP contribution in [0.25, 0.3) is 27.8 Å². The Morgan fingerprint density at radius 3 is 2.58 bits per heavy atom. The van der Waals surface area contributed by atoms with E-state index in [2.05, 4.69) is 36.0 Å². The molecule has 6 heteroatoms. The Bertz CT molecular complexity index is 1260. The molecule has 1 fully saturated rings. The summed E-state index contributed by atoms with van der Waals surface area (Å²) in [5, 5.41) is 11.4. The number of hydrogen-bond acceptors (Lipinski definition) is 4. The summed E-state index contributed by atoms with van der Waals surface area (Å²) in [4.78, 5) is 9.59. The fraction of sp³-hybridized carbons (Fsp3) is 0.296. The minimum Gasteiger partial charge on any atom is -0.506 e. The molecular formula is C27H29FN4O. The standard InChI is InChI=1S/C27H29FN4O/c1-30(2)21-11-13-31(14-12-21)17-19-7-9-24(29-16-19)23-18-32(25-6-4-3-5-22(23)25)26-15-20(28)8-10-27(26)33/h3-10,15-16,18,21,33H,11-14,17H2,1-2H3.